The zero-order valence-corrected chi connectivity index (χ0v) is 12.4. The Bertz CT molecular complexity index is 816. The fourth-order valence-corrected chi connectivity index (χ4v) is 2.08. The van der Waals surface area contributed by atoms with Crippen molar-refractivity contribution in [3.05, 3.63) is 68.3 Å². The maximum Gasteiger partial charge on any atom is 0.292 e. The molecule has 0 amide bonds. The summed E-state index contributed by atoms with van der Waals surface area (Å²) in [6.45, 7) is 0.584. The normalized spacial score (nSPS) is 9.79. The lowest BCUT2D eigenvalue weighted by Crippen LogP contribution is -2.15. The van der Waals surface area contributed by atoms with Crippen LogP contribution in [0.4, 0.5) is 22.7 Å². The van der Waals surface area contributed by atoms with Crippen LogP contribution >= 0.6 is 0 Å². The average molecular weight is 327 g/mol. The molecule has 0 fully saturated rings. The minimum atomic E-state index is -0.543. The first-order chi connectivity index (χ1) is 11.5. The molecule has 122 valence electrons. The monoisotopic (exact) mass is 327 g/mol. The number of benzene rings is 2. The molecule has 2 aromatic carbocycles. The van der Waals surface area contributed by atoms with E-state index in [1.54, 1.807) is 18.2 Å². The Kier molecular flexibility index (Phi) is 5.25. The second-order valence-corrected chi connectivity index (χ2v) is 4.73. The van der Waals surface area contributed by atoms with E-state index in [0.717, 1.165) is 0 Å². The molecule has 0 saturated carbocycles. The van der Waals surface area contributed by atoms with Crippen LogP contribution in [0.15, 0.2) is 42.5 Å². The molecule has 9 heteroatoms. The highest BCUT2D eigenvalue weighted by Gasteiger charge is 2.14. The van der Waals surface area contributed by atoms with Gasteiger partial charge in [-0.1, -0.05) is 12.1 Å². The van der Waals surface area contributed by atoms with Gasteiger partial charge in [-0.25, -0.2) is 0 Å². The Morgan fingerprint density at radius 2 is 1.50 bits per heavy atom. The molecule has 0 aliphatic heterocycles. The number of nitro benzene ring substituents is 2. The van der Waals surface area contributed by atoms with E-state index in [0.29, 0.717) is 17.8 Å². The number of nitro groups is 2. The summed E-state index contributed by atoms with van der Waals surface area (Å²) in [5.74, 6) is 0. The number of anilines is 2. The van der Waals surface area contributed by atoms with E-state index >= 15 is 0 Å². The molecule has 0 aliphatic rings. The molecule has 0 aliphatic carbocycles. The fourth-order valence-electron chi connectivity index (χ4n) is 2.08. The van der Waals surface area contributed by atoms with E-state index in [4.69, 9.17) is 5.26 Å². The lowest BCUT2D eigenvalue weighted by molar-refractivity contribution is -0.384. The third-order valence-corrected chi connectivity index (χ3v) is 3.18. The van der Waals surface area contributed by atoms with Crippen LogP contribution in [-0.4, -0.2) is 22.9 Å². The molecule has 0 radical (unpaired) electrons. The zero-order chi connectivity index (χ0) is 17.5. The summed E-state index contributed by atoms with van der Waals surface area (Å²) in [6.07, 6.45) is 0. The molecule has 24 heavy (non-hydrogen) atoms. The zero-order valence-electron chi connectivity index (χ0n) is 12.4. The lowest BCUT2D eigenvalue weighted by Gasteiger charge is -2.09. The topological polar surface area (TPSA) is 134 Å². The van der Waals surface area contributed by atoms with Gasteiger partial charge in [0, 0.05) is 25.2 Å². The standard InChI is InChI=1S/C15H13N5O4/c16-10-11-5-6-15(20(23)24)13(9-11)18-8-7-17-12-3-1-2-4-14(12)19(21)22/h1-6,9,17-18H,7-8H2. The van der Waals surface area contributed by atoms with Crippen LogP contribution in [0.1, 0.15) is 5.56 Å². The SMILES string of the molecule is N#Cc1ccc([N+](=O)[O-])c(NCCNc2ccccc2[N+](=O)[O-])c1. The molecule has 2 aromatic rings. The van der Waals surface area contributed by atoms with Crippen molar-refractivity contribution in [2.24, 2.45) is 0 Å². The van der Waals surface area contributed by atoms with Crippen molar-refractivity contribution in [2.45, 2.75) is 0 Å². The van der Waals surface area contributed by atoms with Crippen LogP contribution in [0.5, 0.6) is 0 Å². The summed E-state index contributed by atoms with van der Waals surface area (Å²) in [5.41, 5.74) is 0.706. The largest absolute Gasteiger partial charge is 0.378 e. The summed E-state index contributed by atoms with van der Waals surface area (Å²) in [7, 11) is 0. The molecule has 9 nitrogen and oxygen atoms in total. The minimum absolute atomic E-state index is 0.0463. The smallest absolute Gasteiger partial charge is 0.292 e. The molecule has 0 spiro atoms. The van der Waals surface area contributed by atoms with Gasteiger partial charge in [0.1, 0.15) is 11.4 Å². The number of para-hydroxylation sites is 2. The average Bonchev–Trinajstić information content (AvgIpc) is 2.58. The van der Waals surface area contributed by atoms with Gasteiger partial charge in [0.2, 0.25) is 0 Å². The van der Waals surface area contributed by atoms with Gasteiger partial charge in [-0.05, 0) is 18.2 Å². The van der Waals surface area contributed by atoms with Gasteiger partial charge < -0.3 is 10.6 Å². The lowest BCUT2D eigenvalue weighted by atomic mass is 10.2. The van der Waals surface area contributed by atoms with Crippen LogP contribution < -0.4 is 10.6 Å². The van der Waals surface area contributed by atoms with Crippen molar-refractivity contribution in [3.63, 3.8) is 0 Å². The quantitative estimate of drug-likeness (QED) is 0.453. The van der Waals surface area contributed by atoms with Crippen molar-refractivity contribution in [1.82, 2.24) is 0 Å². The highest BCUT2D eigenvalue weighted by atomic mass is 16.6. The molecule has 0 bridgehead atoms. The summed E-state index contributed by atoms with van der Waals surface area (Å²) in [4.78, 5) is 20.9. The molecular formula is C15H13N5O4. The Morgan fingerprint density at radius 1 is 0.917 bits per heavy atom. The van der Waals surface area contributed by atoms with Crippen LogP contribution in [0.3, 0.4) is 0 Å². The van der Waals surface area contributed by atoms with E-state index < -0.39 is 9.85 Å². The Balaban J connectivity index is 2.02. The summed E-state index contributed by atoms with van der Waals surface area (Å²) in [6, 6.07) is 12.1. The van der Waals surface area contributed by atoms with Crippen molar-refractivity contribution in [2.75, 3.05) is 23.7 Å². The summed E-state index contributed by atoms with van der Waals surface area (Å²) >= 11 is 0. The van der Waals surface area contributed by atoms with Gasteiger partial charge in [-0.2, -0.15) is 5.26 Å². The maximum atomic E-state index is 11.0. The fraction of sp³-hybridized carbons (Fsp3) is 0.133. The van der Waals surface area contributed by atoms with E-state index in [2.05, 4.69) is 10.6 Å². The molecule has 2 N–H and O–H groups in total. The molecule has 0 saturated heterocycles. The van der Waals surface area contributed by atoms with E-state index in [9.17, 15) is 20.2 Å². The molecule has 0 unspecified atom stereocenters. The molecule has 0 heterocycles. The van der Waals surface area contributed by atoms with Gasteiger partial charge in [-0.3, -0.25) is 20.2 Å². The Hall–Kier alpha value is -3.67. The Labute approximate surface area is 136 Å². The molecule has 0 aromatic heterocycles. The number of nitrogens with zero attached hydrogens (tertiary/aromatic N) is 3. The summed E-state index contributed by atoms with van der Waals surface area (Å²) < 4.78 is 0. The van der Waals surface area contributed by atoms with Crippen molar-refractivity contribution >= 4 is 22.7 Å². The van der Waals surface area contributed by atoms with Crippen LogP contribution in [0, 0.1) is 31.6 Å². The highest BCUT2D eigenvalue weighted by Crippen LogP contribution is 2.25. The van der Waals surface area contributed by atoms with Gasteiger partial charge >= 0.3 is 0 Å². The van der Waals surface area contributed by atoms with E-state index in [-0.39, 0.29) is 23.6 Å². The van der Waals surface area contributed by atoms with Gasteiger partial charge in [0.15, 0.2) is 0 Å². The van der Waals surface area contributed by atoms with Crippen LogP contribution in [0.25, 0.3) is 0 Å². The van der Waals surface area contributed by atoms with Gasteiger partial charge in [0.25, 0.3) is 11.4 Å². The Morgan fingerprint density at radius 3 is 2.12 bits per heavy atom. The second-order valence-electron chi connectivity index (χ2n) is 4.73. The first-order valence-corrected chi connectivity index (χ1v) is 6.92. The van der Waals surface area contributed by atoms with Gasteiger partial charge in [0.05, 0.1) is 21.5 Å². The first-order valence-electron chi connectivity index (χ1n) is 6.92. The van der Waals surface area contributed by atoms with Crippen molar-refractivity contribution in [1.29, 1.82) is 5.26 Å². The second kappa shape index (κ2) is 7.55. The maximum absolute atomic E-state index is 11.0. The molecular weight excluding hydrogens is 314 g/mol. The van der Waals surface area contributed by atoms with Crippen molar-refractivity contribution in [3.8, 4) is 6.07 Å². The van der Waals surface area contributed by atoms with Gasteiger partial charge in [-0.15, -0.1) is 0 Å². The highest BCUT2D eigenvalue weighted by molar-refractivity contribution is 5.65. The number of nitriles is 1. The predicted octanol–water partition coefficient (Wildman–Crippen LogP) is 2.90. The summed E-state index contributed by atoms with van der Waals surface area (Å²) in [5, 5.41) is 36.5. The first kappa shape index (κ1) is 16.7. The minimum Gasteiger partial charge on any atom is -0.378 e. The van der Waals surface area contributed by atoms with Crippen molar-refractivity contribution < 1.29 is 9.85 Å². The third kappa shape index (κ3) is 3.95. The van der Waals surface area contributed by atoms with Crippen LogP contribution in [0.2, 0.25) is 0 Å². The van der Waals surface area contributed by atoms with E-state index in [1.807, 2.05) is 6.07 Å². The molecule has 0 atom stereocenters. The number of nitrogens with one attached hydrogen (secondary N) is 2. The number of hydrogen-bond donors (Lipinski definition) is 2. The number of hydrogen-bond acceptors (Lipinski definition) is 7. The van der Waals surface area contributed by atoms with Crippen LogP contribution in [-0.2, 0) is 0 Å². The van der Waals surface area contributed by atoms with E-state index in [1.165, 1.54) is 24.3 Å². The number of rotatable bonds is 7. The predicted molar refractivity (Wildman–Crippen MR) is 87.9 cm³/mol. The third-order valence-electron chi connectivity index (χ3n) is 3.18. The molecule has 2 rings (SSSR count).